The summed E-state index contributed by atoms with van der Waals surface area (Å²) in [5.74, 6) is -7.26. The first kappa shape index (κ1) is 34.2. The Balaban J connectivity index is 1.50. The summed E-state index contributed by atoms with van der Waals surface area (Å²) in [4.78, 5) is 18.8. The Bertz CT molecular complexity index is 2160. The van der Waals surface area contributed by atoms with Crippen LogP contribution in [0.5, 0.6) is 11.5 Å². The molecule has 1 aliphatic heterocycles. The normalized spacial score (nSPS) is 19.4. The van der Waals surface area contributed by atoms with Gasteiger partial charge in [-0.05, 0) is 61.6 Å². The van der Waals surface area contributed by atoms with E-state index >= 15 is 17.6 Å². The lowest BCUT2D eigenvalue weighted by Gasteiger charge is -2.30. The molecule has 0 amide bonds. The fraction of sp³-hybridized carbons (Fsp3) is 0.343. The topological polar surface area (TPSA) is 127 Å². The molecule has 5 aromatic rings. The number of alkyl halides is 2. The summed E-state index contributed by atoms with van der Waals surface area (Å²) in [7, 11) is -2.50. The lowest BCUT2D eigenvalue weighted by atomic mass is 9.76. The fourth-order valence-electron chi connectivity index (χ4n) is 6.22. The molecule has 258 valence electrons. The molecule has 0 saturated heterocycles. The van der Waals surface area contributed by atoms with Crippen molar-refractivity contribution >= 4 is 26.7 Å². The van der Waals surface area contributed by atoms with Crippen LogP contribution in [0.4, 0.5) is 17.6 Å². The second-order valence-electron chi connectivity index (χ2n) is 12.7. The zero-order valence-corrected chi connectivity index (χ0v) is 27.6. The monoisotopic (exact) mass is 698 g/mol. The number of nitrogens with one attached hydrogen (secondary N) is 1. The van der Waals surface area contributed by atoms with Gasteiger partial charge < -0.3 is 14.8 Å². The molecule has 49 heavy (non-hydrogen) atoms. The Morgan fingerprint density at radius 3 is 2.61 bits per heavy atom. The molecule has 0 radical (unpaired) electrons. The van der Waals surface area contributed by atoms with Gasteiger partial charge in [0.1, 0.15) is 11.6 Å². The van der Waals surface area contributed by atoms with Crippen LogP contribution >= 0.6 is 0 Å². The molecule has 4 bridgehead atoms. The average molecular weight is 699 g/mol. The Kier molecular flexibility index (Phi) is 9.03. The minimum Gasteiger partial charge on any atom is -0.481 e. The second-order valence-corrected chi connectivity index (χ2v) is 15.0. The number of halogens is 4. The van der Waals surface area contributed by atoms with Crippen molar-refractivity contribution in [1.82, 2.24) is 19.7 Å². The standard InChI is InChI=1S/C35H34F4N4O5S/c1-34(22-5-3-4-21(18-22)6-9-30(44)45)12-13-35(38,39)14-17-49(46,47)16-11-25-24-10-15-40-29(24)20-28(37)31(25)48-23-7-8-27(36)26(19-23)32-41-33(34)42-43(32)2/h3-5,7-8,10,15,18-20,40H,6,9,11-14,16-17H2,1-2H3,(H,44,45). The number of aryl methyl sites for hydroxylation is 3. The minimum atomic E-state index is -4.03. The molecule has 0 aliphatic carbocycles. The number of nitrogens with zero attached hydrogens (tertiary/aromatic N) is 3. The smallest absolute Gasteiger partial charge is 0.303 e. The predicted octanol–water partition coefficient (Wildman–Crippen LogP) is 7.13. The fourth-order valence-corrected chi connectivity index (χ4v) is 7.55. The van der Waals surface area contributed by atoms with Gasteiger partial charge >= 0.3 is 5.97 Å². The van der Waals surface area contributed by atoms with Crippen molar-refractivity contribution in [3.8, 4) is 22.9 Å². The summed E-state index contributed by atoms with van der Waals surface area (Å²) in [5.41, 5.74) is 0.488. The van der Waals surface area contributed by atoms with Crippen LogP contribution in [0.3, 0.4) is 0 Å². The van der Waals surface area contributed by atoms with Gasteiger partial charge in [0, 0.05) is 55.0 Å². The molecule has 3 aromatic carbocycles. The number of benzene rings is 3. The number of carbonyl (C=O) groups is 1. The molecule has 6 rings (SSSR count). The first-order valence-corrected chi connectivity index (χ1v) is 17.5. The van der Waals surface area contributed by atoms with E-state index in [9.17, 15) is 18.3 Å². The van der Waals surface area contributed by atoms with E-state index in [0.29, 0.717) is 22.0 Å². The van der Waals surface area contributed by atoms with E-state index < -0.39 is 63.1 Å². The number of carboxylic acids is 1. The summed E-state index contributed by atoms with van der Waals surface area (Å²) >= 11 is 0. The van der Waals surface area contributed by atoms with Gasteiger partial charge in [0.05, 0.1) is 22.5 Å². The quantitative estimate of drug-likeness (QED) is 0.191. The van der Waals surface area contributed by atoms with Crippen molar-refractivity contribution in [3.05, 3.63) is 94.9 Å². The highest BCUT2D eigenvalue weighted by Gasteiger charge is 2.40. The molecule has 1 atom stereocenters. The van der Waals surface area contributed by atoms with E-state index in [1.165, 1.54) is 29.9 Å². The lowest BCUT2D eigenvalue weighted by molar-refractivity contribution is -0.136. The second kappa shape index (κ2) is 13.0. The van der Waals surface area contributed by atoms with Crippen molar-refractivity contribution in [2.75, 3.05) is 11.5 Å². The molecule has 2 aromatic heterocycles. The predicted molar refractivity (Wildman–Crippen MR) is 175 cm³/mol. The van der Waals surface area contributed by atoms with Gasteiger partial charge in [-0.3, -0.25) is 4.79 Å². The van der Waals surface area contributed by atoms with Gasteiger partial charge in [0.15, 0.2) is 33.1 Å². The van der Waals surface area contributed by atoms with Crippen molar-refractivity contribution in [1.29, 1.82) is 0 Å². The molecule has 2 N–H and O–H groups in total. The number of aromatic amines is 1. The van der Waals surface area contributed by atoms with Gasteiger partial charge in [0.25, 0.3) is 0 Å². The van der Waals surface area contributed by atoms with Crippen LogP contribution in [0.2, 0.25) is 0 Å². The van der Waals surface area contributed by atoms with Crippen LogP contribution in [-0.4, -0.2) is 56.7 Å². The average Bonchev–Trinajstić information content (AvgIpc) is 3.69. The van der Waals surface area contributed by atoms with E-state index in [1.807, 2.05) is 0 Å². The first-order valence-electron chi connectivity index (χ1n) is 15.7. The molecule has 1 unspecified atom stereocenters. The highest BCUT2D eigenvalue weighted by atomic mass is 32.2. The SMILES string of the molecule is Cn1nc2nc1-c1cc(ccc1F)Oc1c(F)cc3[nH]ccc3c1CCS(=O)(=O)CCC(F)(F)CCC2(C)c1cccc(CCC(=O)O)c1. The van der Waals surface area contributed by atoms with E-state index in [4.69, 9.17) is 4.74 Å². The minimum absolute atomic E-state index is 0.0463. The van der Waals surface area contributed by atoms with Crippen LogP contribution < -0.4 is 4.74 Å². The summed E-state index contributed by atoms with van der Waals surface area (Å²) in [6.07, 6.45) is -0.463. The first-order chi connectivity index (χ1) is 23.1. The molecule has 0 spiro atoms. The zero-order chi connectivity index (χ0) is 35.1. The third-order valence-corrected chi connectivity index (χ3v) is 10.8. The Morgan fingerprint density at radius 2 is 1.84 bits per heavy atom. The van der Waals surface area contributed by atoms with Gasteiger partial charge in [-0.25, -0.2) is 35.6 Å². The Labute approximate surface area is 279 Å². The Hall–Kier alpha value is -4.72. The maximum atomic E-state index is 15.6. The summed E-state index contributed by atoms with van der Waals surface area (Å²) in [6, 6.07) is 13.4. The number of aliphatic carboxylic acids is 1. The van der Waals surface area contributed by atoms with Crippen molar-refractivity contribution in [2.45, 2.75) is 56.8 Å². The van der Waals surface area contributed by atoms with E-state index in [0.717, 1.165) is 6.07 Å². The van der Waals surface area contributed by atoms with E-state index in [1.54, 1.807) is 43.5 Å². The molecular formula is C35H34F4N4O5S. The highest BCUT2D eigenvalue weighted by molar-refractivity contribution is 7.91. The van der Waals surface area contributed by atoms with Crippen LogP contribution in [0.1, 0.15) is 55.1 Å². The number of H-pyrrole nitrogens is 1. The molecule has 0 saturated carbocycles. The molecule has 14 heteroatoms. The zero-order valence-electron chi connectivity index (χ0n) is 26.8. The summed E-state index contributed by atoms with van der Waals surface area (Å²) in [5, 5.41) is 14.2. The van der Waals surface area contributed by atoms with Crippen molar-refractivity contribution < 1.29 is 40.6 Å². The van der Waals surface area contributed by atoms with Crippen LogP contribution in [0, 0.1) is 11.6 Å². The van der Waals surface area contributed by atoms with Crippen LogP contribution in [0.25, 0.3) is 22.3 Å². The highest BCUT2D eigenvalue weighted by Crippen LogP contribution is 2.41. The molecular weight excluding hydrogens is 664 g/mol. The number of rotatable bonds is 4. The number of hydrogen-bond acceptors (Lipinski definition) is 6. The lowest BCUT2D eigenvalue weighted by Crippen LogP contribution is -2.30. The van der Waals surface area contributed by atoms with E-state index in [-0.39, 0.29) is 60.0 Å². The molecule has 3 heterocycles. The molecule has 9 nitrogen and oxygen atoms in total. The van der Waals surface area contributed by atoms with Crippen LogP contribution in [-0.2, 0) is 39.9 Å². The number of carboxylic acid groups (broad SMARTS) is 1. The third kappa shape index (κ3) is 7.19. The van der Waals surface area contributed by atoms with Crippen LogP contribution in [0.15, 0.2) is 60.8 Å². The van der Waals surface area contributed by atoms with E-state index in [2.05, 4.69) is 15.1 Å². The number of ether oxygens (including phenoxy) is 1. The van der Waals surface area contributed by atoms with Gasteiger partial charge in [0.2, 0.25) is 5.92 Å². The van der Waals surface area contributed by atoms with Gasteiger partial charge in [-0.1, -0.05) is 24.3 Å². The maximum Gasteiger partial charge on any atom is 0.303 e. The molecule has 1 aliphatic rings. The number of aromatic nitrogens is 4. The largest absolute Gasteiger partial charge is 0.481 e. The third-order valence-electron chi connectivity index (χ3n) is 9.15. The van der Waals surface area contributed by atoms with Gasteiger partial charge in [-0.2, -0.15) is 5.10 Å². The van der Waals surface area contributed by atoms with Gasteiger partial charge in [-0.15, -0.1) is 0 Å². The number of fused-ring (bicyclic) bond motifs is 8. The molecule has 0 fully saturated rings. The Morgan fingerprint density at radius 1 is 1.04 bits per heavy atom. The maximum absolute atomic E-state index is 15.6. The summed E-state index contributed by atoms with van der Waals surface area (Å²) in [6.45, 7) is 1.67. The van der Waals surface area contributed by atoms with Crippen molar-refractivity contribution in [3.63, 3.8) is 0 Å². The number of hydrogen-bond donors (Lipinski definition) is 2. The number of sulfone groups is 1. The summed E-state index contributed by atoms with van der Waals surface area (Å²) < 4.78 is 95.7. The van der Waals surface area contributed by atoms with Crippen molar-refractivity contribution in [2.24, 2.45) is 7.05 Å².